The number of carboxylic acids is 1. The topological polar surface area (TPSA) is 85.8 Å². The van der Waals surface area contributed by atoms with Crippen LogP contribution in [0.25, 0.3) is 32.8 Å². The lowest BCUT2D eigenvalue weighted by Gasteiger charge is -2.42. The molecule has 13 heteroatoms. The number of rotatable bonds is 10. The summed E-state index contributed by atoms with van der Waals surface area (Å²) in [4.78, 5) is 33.9. The van der Waals surface area contributed by atoms with Crippen molar-refractivity contribution in [2.45, 2.75) is 63.3 Å². The van der Waals surface area contributed by atoms with Crippen molar-refractivity contribution >= 4 is 33.4 Å². The van der Waals surface area contributed by atoms with E-state index in [0.29, 0.717) is 10.9 Å². The Morgan fingerprint density at radius 2 is 1.41 bits per heavy atom. The molecule has 2 aliphatic rings. The second-order valence-corrected chi connectivity index (χ2v) is 13.7. The van der Waals surface area contributed by atoms with Gasteiger partial charge in [-0.25, -0.2) is 4.79 Å². The number of carbonyl (C=O) groups excluding carboxylic acids is 1. The standard InChI is InChI=1S/C38H40F6N4O3/c39-37(40,41)24-48-20-15-36(16-21-48,38(42,43)44)35(51)46-32(34(49)50)22-25-8-6-12-29-27(25)11-7-13-31(29)33-30-10-3-2-9-28(30)26(23-45-33)14-19-47-17-4-1-5-18-47/h2-3,6-13,23,32H,1,4-5,14-22,24H2,(H,46,51)(H,49,50)/t32-/m0/s1. The second kappa shape index (κ2) is 14.8. The summed E-state index contributed by atoms with van der Waals surface area (Å²) in [5, 5.41) is 15.6. The highest BCUT2D eigenvalue weighted by Crippen LogP contribution is 2.47. The average Bonchev–Trinajstić information content (AvgIpc) is 3.09. The average molecular weight is 715 g/mol. The molecule has 0 bridgehead atoms. The minimum absolute atomic E-state index is 0.320. The molecule has 272 valence electrons. The first kappa shape index (κ1) is 36.6. The van der Waals surface area contributed by atoms with Gasteiger partial charge in [0, 0.05) is 30.1 Å². The molecule has 0 unspecified atom stereocenters. The summed E-state index contributed by atoms with van der Waals surface area (Å²) in [6, 6.07) is 17.1. The van der Waals surface area contributed by atoms with Crippen molar-refractivity contribution in [1.29, 1.82) is 0 Å². The number of alkyl halides is 6. The van der Waals surface area contributed by atoms with E-state index in [1.54, 1.807) is 18.2 Å². The lowest BCUT2D eigenvalue weighted by Crippen LogP contribution is -2.59. The number of fused-ring (bicyclic) bond motifs is 2. The molecule has 2 aliphatic heterocycles. The van der Waals surface area contributed by atoms with Crippen molar-refractivity contribution in [2.75, 3.05) is 39.3 Å². The van der Waals surface area contributed by atoms with Gasteiger partial charge in [-0.15, -0.1) is 0 Å². The molecule has 7 nitrogen and oxygen atoms in total. The van der Waals surface area contributed by atoms with Crippen LogP contribution in [-0.4, -0.2) is 89.4 Å². The van der Waals surface area contributed by atoms with E-state index in [4.69, 9.17) is 4.98 Å². The third-order valence-electron chi connectivity index (χ3n) is 10.4. The maximum absolute atomic E-state index is 14.4. The molecule has 4 aromatic rings. The van der Waals surface area contributed by atoms with Crippen LogP contribution in [0.4, 0.5) is 26.3 Å². The van der Waals surface area contributed by atoms with Crippen LogP contribution >= 0.6 is 0 Å². The highest BCUT2D eigenvalue weighted by molar-refractivity contribution is 6.05. The minimum atomic E-state index is -5.10. The quantitative estimate of drug-likeness (QED) is 0.167. The molecule has 51 heavy (non-hydrogen) atoms. The number of hydrogen-bond donors (Lipinski definition) is 2. The van der Waals surface area contributed by atoms with E-state index in [1.165, 1.54) is 19.3 Å². The number of aromatic nitrogens is 1. The van der Waals surface area contributed by atoms with Crippen LogP contribution in [0, 0.1) is 5.41 Å². The summed E-state index contributed by atoms with van der Waals surface area (Å²) in [5.41, 5.74) is 0.156. The summed E-state index contributed by atoms with van der Waals surface area (Å²) in [6.45, 7) is 0.530. The van der Waals surface area contributed by atoms with Gasteiger partial charge in [0.25, 0.3) is 0 Å². The molecule has 0 saturated carbocycles. The summed E-state index contributed by atoms with van der Waals surface area (Å²) in [7, 11) is 0. The number of pyridine rings is 1. The first-order chi connectivity index (χ1) is 24.3. The number of hydrogen-bond acceptors (Lipinski definition) is 5. The molecule has 3 heterocycles. The molecule has 3 aromatic carbocycles. The maximum Gasteiger partial charge on any atom is 0.403 e. The van der Waals surface area contributed by atoms with Crippen LogP contribution in [-0.2, 0) is 22.4 Å². The predicted octanol–water partition coefficient (Wildman–Crippen LogP) is 7.40. The van der Waals surface area contributed by atoms with Gasteiger partial charge < -0.3 is 15.3 Å². The van der Waals surface area contributed by atoms with E-state index < -0.39 is 68.2 Å². The Hall–Kier alpha value is -4.23. The molecule has 2 N–H and O–H groups in total. The van der Waals surface area contributed by atoms with E-state index >= 15 is 0 Å². The zero-order valence-electron chi connectivity index (χ0n) is 28.0. The van der Waals surface area contributed by atoms with Gasteiger partial charge >= 0.3 is 18.3 Å². The molecule has 1 amide bonds. The van der Waals surface area contributed by atoms with Crippen molar-refractivity contribution in [3.63, 3.8) is 0 Å². The summed E-state index contributed by atoms with van der Waals surface area (Å²) in [6.07, 6.45) is -5.40. The van der Waals surface area contributed by atoms with Crippen LogP contribution in [0.3, 0.4) is 0 Å². The zero-order valence-corrected chi connectivity index (χ0v) is 28.0. The fourth-order valence-electron chi connectivity index (χ4n) is 7.59. The summed E-state index contributed by atoms with van der Waals surface area (Å²) < 4.78 is 81.9. The Bertz CT molecular complexity index is 1880. The van der Waals surface area contributed by atoms with Gasteiger partial charge in [-0.05, 0) is 85.6 Å². The predicted molar refractivity (Wildman–Crippen MR) is 182 cm³/mol. The summed E-state index contributed by atoms with van der Waals surface area (Å²) >= 11 is 0. The van der Waals surface area contributed by atoms with Crippen LogP contribution in [0.1, 0.15) is 43.2 Å². The smallest absolute Gasteiger partial charge is 0.403 e. The number of benzene rings is 3. The molecular formula is C38H40F6N4O3. The Morgan fingerprint density at radius 3 is 2.08 bits per heavy atom. The number of aliphatic carboxylic acids is 1. The fraction of sp³-hybridized carbons (Fsp3) is 0.447. The number of nitrogens with zero attached hydrogens (tertiary/aromatic N) is 3. The number of carbonyl (C=O) groups is 2. The Balaban J connectivity index is 1.26. The van der Waals surface area contributed by atoms with Gasteiger partial charge in [-0.3, -0.25) is 14.7 Å². The lowest BCUT2D eigenvalue weighted by molar-refractivity contribution is -0.236. The second-order valence-electron chi connectivity index (χ2n) is 13.7. The number of halogens is 6. The molecule has 0 radical (unpaired) electrons. The molecule has 1 aromatic heterocycles. The third kappa shape index (κ3) is 7.99. The molecule has 2 saturated heterocycles. The zero-order chi connectivity index (χ0) is 36.4. The van der Waals surface area contributed by atoms with Crippen LogP contribution in [0.15, 0.2) is 66.9 Å². The Morgan fingerprint density at radius 1 is 0.784 bits per heavy atom. The first-order valence-corrected chi connectivity index (χ1v) is 17.3. The molecular weight excluding hydrogens is 674 g/mol. The number of carboxylic acid groups (broad SMARTS) is 1. The van der Waals surface area contributed by atoms with Crippen molar-refractivity contribution in [3.8, 4) is 11.3 Å². The molecule has 0 aliphatic carbocycles. The highest BCUT2D eigenvalue weighted by Gasteiger charge is 2.61. The van der Waals surface area contributed by atoms with Crippen molar-refractivity contribution in [3.05, 3.63) is 78.0 Å². The van der Waals surface area contributed by atoms with Gasteiger partial charge in [-0.1, -0.05) is 67.1 Å². The Kier molecular flexibility index (Phi) is 10.6. The van der Waals surface area contributed by atoms with Gasteiger partial charge in [0.1, 0.15) is 11.5 Å². The van der Waals surface area contributed by atoms with Crippen molar-refractivity contribution in [2.24, 2.45) is 5.41 Å². The van der Waals surface area contributed by atoms with Gasteiger partial charge in [0.2, 0.25) is 5.91 Å². The fourth-order valence-corrected chi connectivity index (χ4v) is 7.59. The largest absolute Gasteiger partial charge is 0.480 e. The third-order valence-corrected chi connectivity index (χ3v) is 10.4. The van der Waals surface area contributed by atoms with Crippen LogP contribution < -0.4 is 5.32 Å². The molecule has 6 rings (SSSR count). The summed E-state index contributed by atoms with van der Waals surface area (Å²) in [5.74, 6) is -3.08. The van der Waals surface area contributed by atoms with Gasteiger partial charge in [0.15, 0.2) is 0 Å². The van der Waals surface area contributed by atoms with E-state index in [9.17, 15) is 41.0 Å². The van der Waals surface area contributed by atoms with Crippen molar-refractivity contribution < 1.29 is 41.0 Å². The maximum atomic E-state index is 14.4. The van der Waals surface area contributed by atoms with Gasteiger partial charge in [-0.2, -0.15) is 26.3 Å². The molecule has 1 atom stereocenters. The monoisotopic (exact) mass is 714 g/mol. The van der Waals surface area contributed by atoms with E-state index in [1.807, 2.05) is 42.6 Å². The molecule has 2 fully saturated rings. The first-order valence-electron chi connectivity index (χ1n) is 17.3. The van der Waals surface area contributed by atoms with Gasteiger partial charge in [0.05, 0.1) is 12.2 Å². The highest BCUT2D eigenvalue weighted by atomic mass is 19.4. The SMILES string of the molecule is O=C(O)[C@H](Cc1cccc2c(-c3ncc(CCN4CCCCC4)c4ccccc34)cccc12)NC(=O)C1(C(F)(F)F)CCN(CC(F)(F)F)CC1. The number of amides is 1. The van der Waals surface area contributed by atoms with E-state index in [0.717, 1.165) is 63.9 Å². The Labute approximate surface area is 291 Å². The van der Waals surface area contributed by atoms with E-state index in [-0.39, 0.29) is 6.42 Å². The number of piperidine rings is 2. The number of nitrogens with one attached hydrogen (secondary N) is 1. The van der Waals surface area contributed by atoms with Crippen LogP contribution in [0.5, 0.6) is 0 Å². The normalized spacial score (nSPS) is 18.2. The minimum Gasteiger partial charge on any atom is -0.480 e. The van der Waals surface area contributed by atoms with Crippen molar-refractivity contribution in [1.82, 2.24) is 20.1 Å². The lowest BCUT2D eigenvalue weighted by atomic mass is 9.76. The molecule has 0 spiro atoms. The number of likely N-dealkylation sites (tertiary alicyclic amines) is 2. The van der Waals surface area contributed by atoms with Crippen LogP contribution in [0.2, 0.25) is 0 Å². The van der Waals surface area contributed by atoms with E-state index in [2.05, 4.69) is 16.3 Å².